The standard InChI is InChI=1S/C16H14ClF3N2O2/c1-10(23)22(9-11-3-5-12(24-2)6-4-11)14-8-7-13(15(17)21-14)16(18,19)20/h3-8H,9H2,1-2H3. The highest BCUT2D eigenvalue weighted by Crippen LogP contribution is 2.35. The summed E-state index contributed by atoms with van der Waals surface area (Å²) in [6.45, 7) is 1.45. The van der Waals surface area contributed by atoms with E-state index in [1.165, 1.54) is 18.9 Å². The molecule has 0 radical (unpaired) electrons. The lowest BCUT2D eigenvalue weighted by Crippen LogP contribution is -2.29. The van der Waals surface area contributed by atoms with Crippen LogP contribution < -0.4 is 9.64 Å². The number of methoxy groups -OCH3 is 1. The largest absolute Gasteiger partial charge is 0.497 e. The molecule has 0 spiro atoms. The van der Waals surface area contributed by atoms with Crippen molar-refractivity contribution in [1.82, 2.24) is 4.98 Å². The summed E-state index contributed by atoms with van der Waals surface area (Å²) in [5, 5.41) is -0.694. The molecule has 1 aromatic heterocycles. The van der Waals surface area contributed by atoms with Gasteiger partial charge in [-0.2, -0.15) is 13.2 Å². The molecule has 0 saturated heterocycles. The number of carbonyl (C=O) groups is 1. The molecule has 0 N–H and O–H groups in total. The number of anilines is 1. The highest BCUT2D eigenvalue weighted by atomic mass is 35.5. The van der Waals surface area contributed by atoms with Crippen molar-refractivity contribution in [2.45, 2.75) is 19.6 Å². The zero-order valence-electron chi connectivity index (χ0n) is 12.9. The first-order valence-electron chi connectivity index (χ1n) is 6.87. The molecular formula is C16H14ClF3N2O2. The topological polar surface area (TPSA) is 42.4 Å². The van der Waals surface area contributed by atoms with E-state index in [-0.39, 0.29) is 18.3 Å². The summed E-state index contributed by atoms with van der Waals surface area (Å²) in [4.78, 5) is 16.8. The molecular weight excluding hydrogens is 345 g/mol. The third-order valence-corrected chi connectivity index (χ3v) is 3.58. The predicted molar refractivity (Wildman–Crippen MR) is 84.1 cm³/mol. The van der Waals surface area contributed by atoms with Gasteiger partial charge in [-0.15, -0.1) is 0 Å². The molecule has 1 heterocycles. The van der Waals surface area contributed by atoms with E-state index in [1.54, 1.807) is 24.3 Å². The van der Waals surface area contributed by atoms with Crippen molar-refractivity contribution in [3.63, 3.8) is 0 Å². The number of pyridine rings is 1. The number of rotatable bonds is 4. The number of carbonyl (C=O) groups excluding carboxylic acids is 1. The Morgan fingerprint density at radius 3 is 2.29 bits per heavy atom. The Morgan fingerprint density at radius 2 is 1.83 bits per heavy atom. The smallest absolute Gasteiger partial charge is 0.419 e. The van der Waals surface area contributed by atoms with Crippen LogP contribution in [0.5, 0.6) is 5.75 Å². The number of hydrogen-bond donors (Lipinski definition) is 0. The van der Waals surface area contributed by atoms with Gasteiger partial charge in [0.1, 0.15) is 16.7 Å². The Labute approximate surface area is 141 Å². The molecule has 8 heteroatoms. The molecule has 128 valence electrons. The van der Waals surface area contributed by atoms with Gasteiger partial charge in [0.25, 0.3) is 0 Å². The summed E-state index contributed by atoms with van der Waals surface area (Å²) in [6.07, 6.45) is -4.60. The van der Waals surface area contributed by atoms with Crippen molar-refractivity contribution in [3.05, 3.63) is 52.7 Å². The van der Waals surface area contributed by atoms with Crippen molar-refractivity contribution in [2.75, 3.05) is 12.0 Å². The molecule has 0 aliphatic carbocycles. The first-order valence-corrected chi connectivity index (χ1v) is 7.25. The Morgan fingerprint density at radius 1 is 1.21 bits per heavy atom. The highest BCUT2D eigenvalue weighted by Gasteiger charge is 2.34. The fraction of sp³-hybridized carbons (Fsp3) is 0.250. The van der Waals surface area contributed by atoms with Crippen LogP contribution in [-0.2, 0) is 17.5 Å². The SMILES string of the molecule is COc1ccc(CN(C(C)=O)c2ccc(C(F)(F)F)c(Cl)n2)cc1. The van der Waals surface area contributed by atoms with E-state index in [1.807, 2.05) is 0 Å². The van der Waals surface area contributed by atoms with Crippen LogP contribution in [0.15, 0.2) is 36.4 Å². The number of alkyl halides is 3. The van der Waals surface area contributed by atoms with Gasteiger partial charge in [0.15, 0.2) is 0 Å². The van der Waals surface area contributed by atoms with Crippen molar-refractivity contribution >= 4 is 23.3 Å². The van der Waals surface area contributed by atoms with Crippen LogP contribution in [0.3, 0.4) is 0 Å². The first kappa shape index (κ1) is 18.1. The minimum absolute atomic E-state index is 0.0521. The zero-order chi connectivity index (χ0) is 17.9. The maximum Gasteiger partial charge on any atom is 0.419 e. The summed E-state index contributed by atoms with van der Waals surface area (Å²) < 4.78 is 43.3. The lowest BCUT2D eigenvalue weighted by atomic mass is 10.2. The van der Waals surface area contributed by atoms with Crippen LogP contribution in [0.25, 0.3) is 0 Å². The third kappa shape index (κ3) is 4.17. The maximum absolute atomic E-state index is 12.7. The Kier molecular flexibility index (Phi) is 5.33. The van der Waals surface area contributed by atoms with Crippen LogP contribution in [0.1, 0.15) is 18.1 Å². The van der Waals surface area contributed by atoms with E-state index in [0.717, 1.165) is 17.7 Å². The number of nitrogens with zero attached hydrogens (tertiary/aromatic N) is 2. The number of ether oxygens (including phenoxy) is 1. The lowest BCUT2D eigenvalue weighted by Gasteiger charge is -2.21. The monoisotopic (exact) mass is 358 g/mol. The second kappa shape index (κ2) is 7.09. The molecule has 4 nitrogen and oxygen atoms in total. The average molecular weight is 359 g/mol. The molecule has 0 atom stereocenters. The van der Waals surface area contributed by atoms with E-state index >= 15 is 0 Å². The number of aromatic nitrogens is 1. The molecule has 1 aromatic carbocycles. The van der Waals surface area contributed by atoms with Gasteiger partial charge in [-0.25, -0.2) is 4.98 Å². The van der Waals surface area contributed by atoms with Crippen molar-refractivity contribution in [2.24, 2.45) is 0 Å². The summed E-state index contributed by atoms with van der Waals surface area (Å²) in [7, 11) is 1.53. The summed E-state index contributed by atoms with van der Waals surface area (Å²) >= 11 is 5.62. The van der Waals surface area contributed by atoms with Gasteiger partial charge in [0, 0.05) is 6.92 Å². The number of halogens is 4. The molecule has 0 unspecified atom stereocenters. The van der Waals surface area contributed by atoms with E-state index < -0.39 is 16.9 Å². The molecule has 0 aliphatic heterocycles. The van der Waals surface area contributed by atoms with Crippen molar-refractivity contribution in [1.29, 1.82) is 0 Å². The van der Waals surface area contributed by atoms with Crippen LogP contribution >= 0.6 is 11.6 Å². The van der Waals surface area contributed by atoms with Gasteiger partial charge >= 0.3 is 6.18 Å². The van der Waals surface area contributed by atoms with Crippen LogP contribution in [0.4, 0.5) is 19.0 Å². The van der Waals surface area contributed by atoms with Crippen molar-refractivity contribution < 1.29 is 22.7 Å². The van der Waals surface area contributed by atoms with Crippen molar-refractivity contribution in [3.8, 4) is 5.75 Å². The Bertz CT molecular complexity index is 733. The molecule has 2 rings (SSSR count). The fourth-order valence-corrected chi connectivity index (χ4v) is 2.31. The Hall–Kier alpha value is -2.28. The van der Waals surface area contributed by atoms with Crippen LogP contribution in [0.2, 0.25) is 5.15 Å². The number of amides is 1. The molecule has 24 heavy (non-hydrogen) atoms. The van der Waals surface area contributed by atoms with Crippen LogP contribution in [-0.4, -0.2) is 18.0 Å². The fourth-order valence-electron chi connectivity index (χ4n) is 2.05. The lowest BCUT2D eigenvalue weighted by molar-refractivity contribution is -0.137. The molecule has 1 amide bonds. The van der Waals surface area contributed by atoms with E-state index in [9.17, 15) is 18.0 Å². The van der Waals surface area contributed by atoms with E-state index in [0.29, 0.717) is 5.75 Å². The quantitative estimate of drug-likeness (QED) is 0.765. The predicted octanol–water partition coefficient (Wildman–Crippen LogP) is 4.32. The minimum atomic E-state index is -4.60. The highest BCUT2D eigenvalue weighted by molar-refractivity contribution is 6.30. The van der Waals surface area contributed by atoms with E-state index in [4.69, 9.17) is 16.3 Å². The molecule has 0 bridgehead atoms. The van der Waals surface area contributed by atoms with Gasteiger partial charge in [0.05, 0.1) is 19.2 Å². The second-order valence-electron chi connectivity index (χ2n) is 4.96. The van der Waals surface area contributed by atoms with Gasteiger partial charge in [0.2, 0.25) is 5.91 Å². The number of hydrogen-bond acceptors (Lipinski definition) is 3. The van der Waals surface area contributed by atoms with Gasteiger partial charge in [-0.05, 0) is 29.8 Å². The van der Waals surface area contributed by atoms with Gasteiger partial charge in [-0.3, -0.25) is 9.69 Å². The summed E-state index contributed by atoms with van der Waals surface area (Å²) in [6, 6.07) is 8.89. The summed E-state index contributed by atoms with van der Waals surface area (Å²) in [5.74, 6) is 0.342. The number of benzene rings is 1. The zero-order valence-corrected chi connectivity index (χ0v) is 13.6. The van der Waals surface area contributed by atoms with Gasteiger partial charge in [-0.1, -0.05) is 23.7 Å². The van der Waals surface area contributed by atoms with Crippen LogP contribution in [0, 0.1) is 0 Å². The maximum atomic E-state index is 12.7. The van der Waals surface area contributed by atoms with E-state index in [2.05, 4.69) is 4.98 Å². The third-order valence-electron chi connectivity index (χ3n) is 3.30. The summed E-state index contributed by atoms with van der Waals surface area (Å²) in [5.41, 5.74) is -0.273. The molecule has 2 aromatic rings. The minimum Gasteiger partial charge on any atom is -0.497 e. The van der Waals surface area contributed by atoms with Gasteiger partial charge < -0.3 is 4.74 Å². The molecule has 0 aliphatic rings. The second-order valence-corrected chi connectivity index (χ2v) is 5.32. The Balaban J connectivity index is 2.30. The average Bonchev–Trinajstić information content (AvgIpc) is 2.51. The molecule has 0 saturated carbocycles. The first-order chi connectivity index (χ1) is 11.2. The molecule has 0 fully saturated rings. The normalized spacial score (nSPS) is 11.2.